The van der Waals surface area contributed by atoms with E-state index < -0.39 is 40.0 Å². The molecule has 0 aliphatic carbocycles. The molecule has 1 aliphatic rings. The van der Waals surface area contributed by atoms with Gasteiger partial charge in [0.25, 0.3) is 0 Å². The molecule has 0 spiro atoms. The van der Waals surface area contributed by atoms with Crippen molar-refractivity contribution in [1.29, 1.82) is 0 Å². The van der Waals surface area contributed by atoms with E-state index in [1.54, 1.807) is 22.6 Å². The number of alkyl halides is 6. The number of amides is 1. The van der Waals surface area contributed by atoms with Gasteiger partial charge in [-0.05, 0) is 47.1 Å². The monoisotopic (exact) mass is 517 g/mol. The second-order valence-electron chi connectivity index (χ2n) is 5.29. The van der Waals surface area contributed by atoms with Crippen molar-refractivity contribution in [2.45, 2.75) is 24.5 Å². The molecule has 146 valence electrons. The van der Waals surface area contributed by atoms with E-state index in [1.807, 2.05) is 0 Å². The number of halogens is 7. The Hall–Kier alpha value is -1.25. The van der Waals surface area contributed by atoms with E-state index in [4.69, 9.17) is 0 Å². The van der Waals surface area contributed by atoms with Crippen LogP contribution in [0.4, 0.5) is 26.3 Å². The van der Waals surface area contributed by atoms with Crippen LogP contribution in [0.25, 0.3) is 0 Å². The van der Waals surface area contributed by atoms with Gasteiger partial charge in [-0.3, -0.25) is 4.79 Å². The highest BCUT2D eigenvalue weighted by atomic mass is 127. The van der Waals surface area contributed by atoms with Crippen LogP contribution in [0, 0.1) is 3.57 Å². The number of hydrogen-bond acceptors (Lipinski definition) is 4. The zero-order valence-electron chi connectivity index (χ0n) is 12.6. The Labute approximate surface area is 157 Å². The van der Waals surface area contributed by atoms with Crippen molar-refractivity contribution in [3.05, 3.63) is 26.8 Å². The zero-order valence-corrected chi connectivity index (χ0v) is 15.6. The van der Waals surface area contributed by atoms with Gasteiger partial charge in [0, 0.05) is 18.7 Å². The summed E-state index contributed by atoms with van der Waals surface area (Å²) in [7, 11) is -5.94. The van der Waals surface area contributed by atoms with E-state index in [9.17, 15) is 39.6 Å². The summed E-state index contributed by atoms with van der Waals surface area (Å²) >= 11 is 1.56. The molecule has 1 aromatic rings. The van der Waals surface area contributed by atoms with Gasteiger partial charge in [-0.25, -0.2) is 0 Å². The summed E-state index contributed by atoms with van der Waals surface area (Å²) in [4.78, 5) is 11.9. The molecule has 13 heteroatoms. The SMILES string of the molecule is O=C(N1CCc2ccc(I)c(OS(=O)(=O)C(F)(F)F)c2CC1)C(F)(F)F. The topological polar surface area (TPSA) is 63.7 Å². The number of nitrogens with zero attached hydrogens (tertiary/aromatic N) is 1. The quantitative estimate of drug-likeness (QED) is 0.262. The van der Waals surface area contributed by atoms with E-state index in [0.717, 1.165) is 0 Å². The van der Waals surface area contributed by atoms with Gasteiger partial charge in [-0.1, -0.05) is 6.07 Å². The average Bonchev–Trinajstić information content (AvgIpc) is 2.70. The van der Waals surface area contributed by atoms with Crippen molar-refractivity contribution in [2.24, 2.45) is 0 Å². The number of hydrogen-bond donors (Lipinski definition) is 0. The summed E-state index contributed by atoms with van der Waals surface area (Å²) in [6.45, 7) is -0.745. The van der Waals surface area contributed by atoms with Crippen LogP contribution >= 0.6 is 22.6 Å². The van der Waals surface area contributed by atoms with Gasteiger partial charge in [0.15, 0.2) is 5.75 Å². The predicted octanol–water partition coefficient (Wildman–Crippen LogP) is 3.01. The molecule has 0 N–H and O–H groups in total. The molecule has 0 saturated heterocycles. The molecule has 2 rings (SSSR count). The van der Waals surface area contributed by atoms with Gasteiger partial charge in [0.05, 0.1) is 3.57 Å². The van der Waals surface area contributed by atoms with Crippen LogP contribution < -0.4 is 4.18 Å². The summed E-state index contributed by atoms with van der Waals surface area (Å²) in [5.74, 6) is -2.65. The average molecular weight is 517 g/mol. The van der Waals surface area contributed by atoms with Crippen molar-refractivity contribution in [3.63, 3.8) is 0 Å². The summed E-state index contributed by atoms with van der Waals surface area (Å²) < 4.78 is 102. The highest BCUT2D eigenvalue weighted by molar-refractivity contribution is 14.1. The van der Waals surface area contributed by atoms with Crippen molar-refractivity contribution in [3.8, 4) is 5.75 Å². The molecule has 0 radical (unpaired) electrons. The lowest BCUT2D eigenvalue weighted by Gasteiger charge is -2.21. The van der Waals surface area contributed by atoms with Gasteiger partial charge >= 0.3 is 27.7 Å². The Morgan fingerprint density at radius 3 is 2.19 bits per heavy atom. The maximum absolute atomic E-state index is 12.6. The third kappa shape index (κ3) is 4.35. The summed E-state index contributed by atoms with van der Waals surface area (Å²) in [6.07, 6.45) is -5.45. The van der Waals surface area contributed by atoms with E-state index in [1.165, 1.54) is 12.1 Å². The molecule has 0 aromatic heterocycles. The van der Waals surface area contributed by atoms with Crippen LogP contribution in [0.2, 0.25) is 0 Å². The van der Waals surface area contributed by atoms with Crippen LogP contribution in [0.1, 0.15) is 11.1 Å². The Balaban J connectivity index is 2.37. The van der Waals surface area contributed by atoms with E-state index in [0.29, 0.717) is 10.5 Å². The summed E-state index contributed by atoms with van der Waals surface area (Å²) in [6, 6.07) is 2.74. The molecule has 0 atom stereocenters. The fourth-order valence-corrected chi connectivity index (χ4v) is 3.66. The van der Waals surface area contributed by atoms with E-state index >= 15 is 0 Å². The highest BCUT2D eigenvalue weighted by Gasteiger charge is 2.49. The van der Waals surface area contributed by atoms with Crippen molar-refractivity contribution in [1.82, 2.24) is 4.90 Å². The lowest BCUT2D eigenvalue weighted by Crippen LogP contribution is -2.42. The predicted molar refractivity (Wildman–Crippen MR) is 84.8 cm³/mol. The van der Waals surface area contributed by atoms with Gasteiger partial charge < -0.3 is 9.08 Å². The van der Waals surface area contributed by atoms with E-state index in [-0.39, 0.29) is 28.5 Å². The molecule has 0 bridgehead atoms. The number of rotatable bonds is 2. The van der Waals surface area contributed by atoms with Crippen LogP contribution in [-0.4, -0.2) is 44.0 Å². The maximum Gasteiger partial charge on any atom is 0.534 e. The van der Waals surface area contributed by atoms with Gasteiger partial charge in [0.1, 0.15) is 0 Å². The second-order valence-corrected chi connectivity index (χ2v) is 7.99. The largest absolute Gasteiger partial charge is 0.534 e. The normalized spacial score (nSPS) is 16.0. The van der Waals surface area contributed by atoms with Crippen LogP contribution in [0.3, 0.4) is 0 Å². The van der Waals surface area contributed by atoms with Crippen LogP contribution in [-0.2, 0) is 27.8 Å². The molecule has 1 heterocycles. The number of benzene rings is 1. The van der Waals surface area contributed by atoms with Crippen molar-refractivity contribution < 1.29 is 43.7 Å². The van der Waals surface area contributed by atoms with Crippen LogP contribution in [0.5, 0.6) is 5.75 Å². The minimum atomic E-state index is -5.94. The Morgan fingerprint density at radius 1 is 1.08 bits per heavy atom. The third-order valence-electron chi connectivity index (χ3n) is 3.60. The Morgan fingerprint density at radius 2 is 1.65 bits per heavy atom. The van der Waals surface area contributed by atoms with Crippen molar-refractivity contribution in [2.75, 3.05) is 13.1 Å². The first-order chi connectivity index (χ1) is 11.7. The molecular formula is C13H10F6INO4S. The van der Waals surface area contributed by atoms with Gasteiger partial charge in [-0.2, -0.15) is 34.8 Å². The molecule has 1 aliphatic heterocycles. The number of fused-ring (bicyclic) bond motifs is 1. The Bertz CT molecular complexity index is 821. The molecular weight excluding hydrogens is 507 g/mol. The molecule has 5 nitrogen and oxygen atoms in total. The molecule has 0 saturated carbocycles. The van der Waals surface area contributed by atoms with Crippen molar-refractivity contribution >= 4 is 38.6 Å². The maximum atomic E-state index is 12.6. The lowest BCUT2D eigenvalue weighted by molar-refractivity contribution is -0.185. The number of carbonyl (C=O) groups excluding carboxylic acids is 1. The van der Waals surface area contributed by atoms with E-state index in [2.05, 4.69) is 4.18 Å². The first-order valence-electron chi connectivity index (χ1n) is 6.91. The van der Waals surface area contributed by atoms with Gasteiger partial charge in [0.2, 0.25) is 0 Å². The Kier molecular flexibility index (Phi) is 5.71. The first kappa shape index (κ1) is 21.1. The highest BCUT2D eigenvalue weighted by Crippen LogP contribution is 2.36. The minimum absolute atomic E-state index is 0.0298. The minimum Gasteiger partial charge on any atom is -0.375 e. The zero-order chi connectivity index (χ0) is 19.9. The fraction of sp³-hybridized carbons (Fsp3) is 0.462. The molecule has 26 heavy (non-hydrogen) atoms. The molecule has 0 fully saturated rings. The summed E-state index contributed by atoms with van der Waals surface area (Å²) in [5.41, 5.74) is -5.31. The molecule has 1 amide bonds. The first-order valence-corrected chi connectivity index (χ1v) is 9.40. The standard InChI is InChI=1S/C13H10F6INO4S/c14-12(15,16)11(22)21-5-3-7-1-2-9(20)10(8(7)4-6-21)25-26(23,24)13(17,18)19/h1-2H,3-6H2. The number of carbonyl (C=O) groups is 1. The lowest BCUT2D eigenvalue weighted by atomic mass is 10.0. The summed E-state index contributed by atoms with van der Waals surface area (Å²) in [5, 5.41) is 0. The molecule has 1 aromatic carbocycles. The molecule has 0 unspecified atom stereocenters. The van der Waals surface area contributed by atoms with Gasteiger partial charge in [-0.15, -0.1) is 0 Å². The third-order valence-corrected chi connectivity index (χ3v) is 5.40. The smallest absolute Gasteiger partial charge is 0.375 e. The fourth-order valence-electron chi connectivity index (χ4n) is 2.39. The van der Waals surface area contributed by atoms with Crippen LogP contribution in [0.15, 0.2) is 12.1 Å². The second kappa shape index (κ2) is 7.05.